The van der Waals surface area contributed by atoms with E-state index in [1.165, 1.54) is 18.4 Å². The van der Waals surface area contributed by atoms with Crippen LogP contribution in [0.3, 0.4) is 0 Å². The van der Waals surface area contributed by atoms with E-state index in [1.54, 1.807) is 0 Å². The molecule has 3 rings (SSSR count). The number of halogens is 1. The number of hydrogen-bond donors (Lipinski definition) is 1. The number of aromatic nitrogens is 2. The second kappa shape index (κ2) is 5.73. The van der Waals surface area contributed by atoms with Gasteiger partial charge in [0.25, 0.3) is 0 Å². The van der Waals surface area contributed by atoms with Gasteiger partial charge in [-0.2, -0.15) is 0 Å². The summed E-state index contributed by atoms with van der Waals surface area (Å²) in [6.07, 6.45) is 5.68. The lowest BCUT2D eigenvalue weighted by atomic mass is 9.76. The maximum absolute atomic E-state index is 6.81. The quantitative estimate of drug-likeness (QED) is 0.881. The highest BCUT2D eigenvalue weighted by molar-refractivity contribution is 9.10. The number of fused-ring (bicyclic) bond motifs is 1. The topological polar surface area (TPSA) is 43.8 Å². The Hall–Kier alpha value is -0.870. The SMILES string of the molecule is CCCn1c(C2(N)CCCC(C)C2)nc2cc(Br)ccc21. The van der Waals surface area contributed by atoms with E-state index in [0.29, 0.717) is 5.92 Å². The molecule has 1 aromatic carbocycles. The number of imidazole rings is 1. The van der Waals surface area contributed by atoms with Gasteiger partial charge in [0.15, 0.2) is 0 Å². The summed E-state index contributed by atoms with van der Waals surface area (Å²) < 4.78 is 3.42. The molecule has 1 heterocycles. The van der Waals surface area contributed by atoms with Crippen LogP contribution in [0.5, 0.6) is 0 Å². The summed E-state index contributed by atoms with van der Waals surface area (Å²) in [4.78, 5) is 4.93. The molecule has 0 radical (unpaired) electrons. The number of benzene rings is 1. The molecule has 0 amide bonds. The van der Waals surface area contributed by atoms with E-state index in [2.05, 4.69) is 52.5 Å². The fraction of sp³-hybridized carbons (Fsp3) is 0.588. The largest absolute Gasteiger partial charge is 0.326 e. The summed E-state index contributed by atoms with van der Waals surface area (Å²) in [5, 5.41) is 0. The van der Waals surface area contributed by atoms with E-state index in [-0.39, 0.29) is 5.54 Å². The van der Waals surface area contributed by atoms with Gasteiger partial charge in [0.05, 0.1) is 16.6 Å². The molecular weight excluding hydrogens is 326 g/mol. The predicted molar refractivity (Wildman–Crippen MR) is 91.2 cm³/mol. The third kappa shape index (κ3) is 2.76. The van der Waals surface area contributed by atoms with Crippen LogP contribution >= 0.6 is 15.9 Å². The van der Waals surface area contributed by atoms with Gasteiger partial charge in [-0.3, -0.25) is 0 Å². The van der Waals surface area contributed by atoms with Crippen molar-refractivity contribution >= 4 is 27.0 Å². The van der Waals surface area contributed by atoms with Crippen LogP contribution in [0, 0.1) is 5.92 Å². The van der Waals surface area contributed by atoms with E-state index >= 15 is 0 Å². The van der Waals surface area contributed by atoms with Crippen molar-refractivity contribution < 1.29 is 0 Å². The number of hydrogen-bond acceptors (Lipinski definition) is 2. The van der Waals surface area contributed by atoms with E-state index < -0.39 is 0 Å². The highest BCUT2D eigenvalue weighted by Gasteiger charge is 2.37. The minimum atomic E-state index is -0.266. The minimum Gasteiger partial charge on any atom is -0.326 e. The molecule has 0 aliphatic heterocycles. The molecule has 1 aromatic heterocycles. The Morgan fingerprint density at radius 3 is 3.00 bits per heavy atom. The molecular formula is C17H24BrN3. The number of rotatable bonds is 3. The van der Waals surface area contributed by atoms with E-state index in [9.17, 15) is 0 Å². The number of nitrogens with zero attached hydrogens (tertiary/aromatic N) is 2. The van der Waals surface area contributed by atoms with Gasteiger partial charge in [0.2, 0.25) is 0 Å². The summed E-state index contributed by atoms with van der Waals surface area (Å²) in [6.45, 7) is 5.51. The molecule has 1 aliphatic rings. The zero-order valence-electron chi connectivity index (χ0n) is 12.9. The Bertz CT molecular complexity index is 649. The van der Waals surface area contributed by atoms with Crippen molar-refractivity contribution in [2.75, 3.05) is 0 Å². The van der Waals surface area contributed by atoms with Crippen molar-refractivity contribution in [1.82, 2.24) is 9.55 Å². The van der Waals surface area contributed by atoms with Crippen molar-refractivity contribution in [2.45, 2.75) is 58.0 Å². The van der Waals surface area contributed by atoms with Gasteiger partial charge in [-0.25, -0.2) is 4.98 Å². The Kier molecular flexibility index (Phi) is 4.10. The van der Waals surface area contributed by atoms with Gasteiger partial charge < -0.3 is 10.3 Å². The highest BCUT2D eigenvalue weighted by atomic mass is 79.9. The smallest absolute Gasteiger partial charge is 0.130 e. The second-order valence-corrected chi connectivity index (χ2v) is 7.49. The first-order valence-corrected chi connectivity index (χ1v) is 8.78. The lowest BCUT2D eigenvalue weighted by molar-refractivity contribution is 0.222. The summed E-state index contributed by atoms with van der Waals surface area (Å²) >= 11 is 3.54. The fourth-order valence-corrected chi connectivity index (χ4v) is 4.08. The Morgan fingerprint density at radius 1 is 1.48 bits per heavy atom. The molecule has 2 N–H and O–H groups in total. The van der Waals surface area contributed by atoms with Crippen molar-refractivity contribution in [3.05, 3.63) is 28.5 Å². The third-order valence-corrected chi connectivity index (χ3v) is 5.13. The predicted octanol–water partition coefficient (Wildman–Crippen LogP) is 4.57. The molecule has 114 valence electrons. The zero-order chi connectivity index (χ0) is 15.0. The van der Waals surface area contributed by atoms with Gasteiger partial charge >= 0.3 is 0 Å². The maximum atomic E-state index is 6.81. The summed E-state index contributed by atoms with van der Waals surface area (Å²) in [7, 11) is 0. The Labute approximate surface area is 135 Å². The maximum Gasteiger partial charge on any atom is 0.130 e. The standard InChI is InChI=1S/C17H24BrN3/c1-3-9-21-15-7-6-13(18)10-14(15)20-16(21)17(19)8-4-5-12(2)11-17/h6-7,10,12H,3-5,8-9,11,19H2,1-2H3. The summed E-state index contributed by atoms with van der Waals surface area (Å²) in [6, 6.07) is 6.34. The normalized spacial score (nSPS) is 26.4. The molecule has 1 saturated carbocycles. The zero-order valence-corrected chi connectivity index (χ0v) is 14.5. The monoisotopic (exact) mass is 349 g/mol. The minimum absolute atomic E-state index is 0.266. The molecule has 0 saturated heterocycles. The summed E-state index contributed by atoms with van der Waals surface area (Å²) in [5.41, 5.74) is 8.80. The van der Waals surface area contributed by atoms with Crippen LogP contribution in [0.2, 0.25) is 0 Å². The first-order chi connectivity index (χ1) is 10.0. The Morgan fingerprint density at radius 2 is 2.29 bits per heavy atom. The average molecular weight is 350 g/mol. The van der Waals surface area contributed by atoms with Gasteiger partial charge in [-0.05, 0) is 43.4 Å². The second-order valence-electron chi connectivity index (χ2n) is 6.58. The Balaban J connectivity index is 2.14. The van der Waals surface area contributed by atoms with Crippen molar-refractivity contribution in [3.63, 3.8) is 0 Å². The van der Waals surface area contributed by atoms with Crippen LogP contribution in [0.25, 0.3) is 11.0 Å². The third-order valence-electron chi connectivity index (χ3n) is 4.64. The molecule has 4 heteroatoms. The molecule has 1 fully saturated rings. The average Bonchev–Trinajstić information content (AvgIpc) is 2.78. The molecule has 2 atom stereocenters. The first kappa shape index (κ1) is 15.0. The van der Waals surface area contributed by atoms with Crippen LogP contribution in [0.4, 0.5) is 0 Å². The van der Waals surface area contributed by atoms with Crippen LogP contribution in [0.15, 0.2) is 22.7 Å². The van der Waals surface area contributed by atoms with E-state index in [0.717, 1.165) is 41.6 Å². The van der Waals surface area contributed by atoms with Gasteiger partial charge in [0.1, 0.15) is 5.82 Å². The molecule has 0 bridgehead atoms. The molecule has 2 unspecified atom stereocenters. The van der Waals surface area contributed by atoms with Crippen molar-refractivity contribution in [1.29, 1.82) is 0 Å². The van der Waals surface area contributed by atoms with Crippen LogP contribution in [-0.2, 0) is 12.1 Å². The molecule has 1 aliphatic carbocycles. The molecule has 21 heavy (non-hydrogen) atoms. The van der Waals surface area contributed by atoms with Crippen LogP contribution in [0.1, 0.15) is 51.8 Å². The van der Waals surface area contributed by atoms with Crippen LogP contribution < -0.4 is 5.73 Å². The molecule has 0 spiro atoms. The molecule has 2 aromatic rings. The van der Waals surface area contributed by atoms with Gasteiger partial charge in [-0.1, -0.05) is 42.6 Å². The first-order valence-electron chi connectivity index (χ1n) is 7.98. The van der Waals surface area contributed by atoms with Gasteiger partial charge in [0, 0.05) is 11.0 Å². The lowest BCUT2D eigenvalue weighted by Gasteiger charge is -2.36. The lowest BCUT2D eigenvalue weighted by Crippen LogP contribution is -2.43. The van der Waals surface area contributed by atoms with Gasteiger partial charge in [-0.15, -0.1) is 0 Å². The number of aryl methyl sites for hydroxylation is 1. The molecule has 3 nitrogen and oxygen atoms in total. The van der Waals surface area contributed by atoms with Crippen molar-refractivity contribution in [2.24, 2.45) is 11.7 Å². The van der Waals surface area contributed by atoms with Crippen molar-refractivity contribution in [3.8, 4) is 0 Å². The number of nitrogens with two attached hydrogens (primary N) is 1. The fourth-order valence-electron chi connectivity index (χ4n) is 3.73. The van der Waals surface area contributed by atoms with Crippen LogP contribution in [-0.4, -0.2) is 9.55 Å². The van der Waals surface area contributed by atoms with E-state index in [4.69, 9.17) is 10.7 Å². The summed E-state index contributed by atoms with van der Waals surface area (Å²) in [5.74, 6) is 1.77. The highest BCUT2D eigenvalue weighted by Crippen LogP contribution is 2.38. The van der Waals surface area contributed by atoms with E-state index in [1.807, 2.05) is 0 Å².